The summed E-state index contributed by atoms with van der Waals surface area (Å²) in [5.41, 5.74) is 2.57. The minimum atomic E-state index is -0.259. The summed E-state index contributed by atoms with van der Waals surface area (Å²) in [7, 11) is 0. The number of hydrogen-bond donors (Lipinski definition) is 0. The van der Waals surface area contributed by atoms with Gasteiger partial charge in [0.15, 0.2) is 11.5 Å². The van der Waals surface area contributed by atoms with Crippen LogP contribution in [-0.2, 0) is 25.7 Å². The zero-order valence-corrected chi connectivity index (χ0v) is 13.2. The van der Waals surface area contributed by atoms with Crippen LogP contribution in [0.1, 0.15) is 25.8 Å². The number of carbonyl (C=O) groups excluding carboxylic acids is 2. The van der Waals surface area contributed by atoms with E-state index in [1.54, 1.807) is 0 Å². The van der Waals surface area contributed by atoms with Crippen molar-refractivity contribution in [2.24, 2.45) is 0 Å². The second kappa shape index (κ2) is 6.24. The van der Waals surface area contributed by atoms with Crippen LogP contribution >= 0.6 is 0 Å². The van der Waals surface area contributed by atoms with E-state index in [1.165, 1.54) is 6.08 Å². The third kappa shape index (κ3) is 2.84. The molecule has 0 N–H and O–H groups in total. The Hall–Kier alpha value is -2.62. The molecule has 1 aromatic carbocycles. The zero-order chi connectivity index (χ0) is 16.4. The highest BCUT2D eigenvalue weighted by molar-refractivity contribution is 6.24. The molecule has 0 spiro atoms. The van der Waals surface area contributed by atoms with E-state index in [0.29, 0.717) is 17.6 Å². The first-order valence-electron chi connectivity index (χ1n) is 7.65. The fourth-order valence-electron chi connectivity index (χ4n) is 2.83. The minimum Gasteiger partial charge on any atom is -0.493 e. The Morgan fingerprint density at radius 3 is 2.61 bits per heavy atom. The Morgan fingerprint density at radius 1 is 1.17 bits per heavy atom. The number of Topliss-reactive ketones (excluding diaryl/α,β-unsaturated/α-hetero) is 1. The van der Waals surface area contributed by atoms with Crippen LogP contribution in [0.4, 0.5) is 0 Å². The van der Waals surface area contributed by atoms with Crippen LogP contribution in [-0.4, -0.2) is 18.2 Å². The van der Waals surface area contributed by atoms with Crippen LogP contribution in [0.2, 0.25) is 0 Å². The quantitative estimate of drug-likeness (QED) is 0.801. The largest absolute Gasteiger partial charge is 0.493 e. The van der Waals surface area contributed by atoms with Gasteiger partial charge in [0.25, 0.3) is 0 Å². The van der Waals surface area contributed by atoms with Gasteiger partial charge in [-0.2, -0.15) is 0 Å². The van der Waals surface area contributed by atoms with E-state index in [9.17, 15) is 9.59 Å². The van der Waals surface area contributed by atoms with E-state index in [-0.39, 0.29) is 30.5 Å². The van der Waals surface area contributed by atoms with Crippen molar-refractivity contribution >= 4 is 11.6 Å². The minimum absolute atomic E-state index is 0.0916. The Morgan fingerprint density at radius 2 is 1.91 bits per heavy atom. The van der Waals surface area contributed by atoms with Gasteiger partial charge in [0.2, 0.25) is 5.78 Å². The molecule has 4 nitrogen and oxygen atoms in total. The molecule has 0 fully saturated rings. The molecule has 118 valence electrons. The predicted octanol–water partition coefficient (Wildman–Crippen LogP) is 3.25. The monoisotopic (exact) mass is 310 g/mol. The van der Waals surface area contributed by atoms with E-state index in [2.05, 4.69) is 0 Å². The van der Waals surface area contributed by atoms with Gasteiger partial charge < -0.3 is 9.47 Å². The Balaban J connectivity index is 1.82. The van der Waals surface area contributed by atoms with Crippen molar-refractivity contribution in [2.45, 2.75) is 26.9 Å². The number of hydrogen-bond acceptors (Lipinski definition) is 4. The standard InChI is InChI=1S/C19H18O4/c1-3-16-12(2)18-14(11-23-16)19(21)17(9-15(18)20)22-10-13-7-5-4-6-8-13/h4-9H,3,10-11H2,1-2H3. The molecule has 23 heavy (non-hydrogen) atoms. The van der Waals surface area contributed by atoms with E-state index < -0.39 is 0 Å². The van der Waals surface area contributed by atoms with Gasteiger partial charge in [-0.1, -0.05) is 37.3 Å². The van der Waals surface area contributed by atoms with Crippen LogP contribution in [0.25, 0.3) is 0 Å². The van der Waals surface area contributed by atoms with Gasteiger partial charge in [0.05, 0.1) is 11.3 Å². The highest BCUT2D eigenvalue weighted by Crippen LogP contribution is 2.32. The van der Waals surface area contributed by atoms with Crippen LogP contribution in [0.5, 0.6) is 0 Å². The molecule has 0 amide bonds. The Kier molecular flexibility index (Phi) is 4.15. The number of ether oxygens (including phenoxy) is 2. The van der Waals surface area contributed by atoms with Gasteiger partial charge in [-0.25, -0.2) is 0 Å². The highest BCUT2D eigenvalue weighted by Gasteiger charge is 2.34. The molecule has 0 saturated heterocycles. The maximum Gasteiger partial charge on any atom is 0.227 e. The molecule has 4 heteroatoms. The Bertz CT molecular complexity index is 751. The molecular weight excluding hydrogens is 292 g/mol. The smallest absolute Gasteiger partial charge is 0.227 e. The molecule has 1 heterocycles. The molecule has 0 bridgehead atoms. The third-order valence-corrected chi connectivity index (χ3v) is 4.05. The maximum absolute atomic E-state index is 12.6. The van der Waals surface area contributed by atoms with Crippen LogP contribution < -0.4 is 0 Å². The van der Waals surface area contributed by atoms with Crippen molar-refractivity contribution in [3.8, 4) is 0 Å². The summed E-state index contributed by atoms with van der Waals surface area (Å²) in [6, 6.07) is 9.53. The highest BCUT2D eigenvalue weighted by atomic mass is 16.5. The molecule has 1 aliphatic heterocycles. The molecule has 1 aromatic rings. The van der Waals surface area contributed by atoms with Crippen molar-refractivity contribution < 1.29 is 19.1 Å². The van der Waals surface area contributed by atoms with Gasteiger partial charge in [0, 0.05) is 18.1 Å². The number of benzene rings is 1. The predicted molar refractivity (Wildman–Crippen MR) is 85.3 cm³/mol. The first-order valence-corrected chi connectivity index (χ1v) is 7.65. The van der Waals surface area contributed by atoms with Gasteiger partial charge >= 0.3 is 0 Å². The molecular formula is C19H18O4. The summed E-state index contributed by atoms with van der Waals surface area (Å²) >= 11 is 0. The molecule has 0 atom stereocenters. The average Bonchev–Trinajstić information content (AvgIpc) is 2.57. The summed E-state index contributed by atoms with van der Waals surface area (Å²) in [5.74, 6) is 0.417. The molecule has 3 rings (SSSR count). The molecule has 0 unspecified atom stereocenters. The fraction of sp³-hybridized carbons (Fsp3) is 0.263. The van der Waals surface area contributed by atoms with Crippen LogP contribution in [0.3, 0.4) is 0 Å². The fourth-order valence-corrected chi connectivity index (χ4v) is 2.83. The van der Waals surface area contributed by atoms with Crippen molar-refractivity contribution in [3.05, 3.63) is 70.2 Å². The van der Waals surface area contributed by atoms with Crippen molar-refractivity contribution in [2.75, 3.05) is 6.61 Å². The molecule has 0 aromatic heterocycles. The van der Waals surface area contributed by atoms with Crippen molar-refractivity contribution in [1.82, 2.24) is 0 Å². The SMILES string of the molecule is CCC1=C(C)C2=C(CO1)C(=O)C(OCc1ccccc1)=CC2=O. The lowest BCUT2D eigenvalue weighted by atomic mass is 9.87. The van der Waals surface area contributed by atoms with E-state index >= 15 is 0 Å². The maximum atomic E-state index is 12.6. The summed E-state index contributed by atoms with van der Waals surface area (Å²) in [4.78, 5) is 25.0. The first kappa shape index (κ1) is 15.3. The lowest BCUT2D eigenvalue weighted by molar-refractivity contribution is -0.119. The van der Waals surface area contributed by atoms with Gasteiger partial charge in [0.1, 0.15) is 13.2 Å². The van der Waals surface area contributed by atoms with Gasteiger partial charge in [-0.15, -0.1) is 0 Å². The second-order valence-electron chi connectivity index (χ2n) is 5.52. The molecule has 0 saturated carbocycles. The lowest BCUT2D eigenvalue weighted by Gasteiger charge is -2.26. The normalized spacial score (nSPS) is 17.7. The Labute approximate surface area is 135 Å². The zero-order valence-electron chi connectivity index (χ0n) is 13.2. The summed E-state index contributed by atoms with van der Waals surface area (Å²) in [5, 5.41) is 0. The van der Waals surface area contributed by atoms with Crippen LogP contribution in [0, 0.1) is 0 Å². The average molecular weight is 310 g/mol. The summed E-state index contributed by atoms with van der Waals surface area (Å²) in [6.45, 7) is 4.17. The summed E-state index contributed by atoms with van der Waals surface area (Å²) < 4.78 is 11.2. The second-order valence-corrected chi connectivity index (χ2v) is 5.52. The van der Waals surface area contributed by atoms with E-state index in [1.807, 2.05) is 44.2 Å². The number of carbonyl (C=O) groups is 2. The van der Waals surface area contributed by atoms with Crippen LogP contribution in [0.15, 0.2) is 64.6 Å². The van der Waals surface area contributed by atoms with Crippen molar-refractivity contribution in [3.63, 3.8) is 0 Å². The van der Waals surface area contributed by atoms with E-state index in [4.69, 9.17) is 9.47 Å². The van der Waals surface area contributed by atoms with Gasteiger partial charge in [-0.05, 0) is 18.1 Å². The number of allylic oxidation sites excluding steroid dienone is 5. The topological polar surface area (TPSA) is 52.6 Å². The number of rotatable bonds is 4. The first-order chi connectivity index (χ1) is 11.1. The molecule has 1 aliphatic carbocycles. The molecule has 2 aliphatic rings. The molecule has 0 radical (unpaired) electrons. The number of ketones is 2. The van der Waals surface area contributed by atoms with Gasteiger partial charge in [-0.3, -0.25) is 9.59 Å². The van der Waals surface area contributed by atoms with E-state index in [0.717, 1.165) is 16.9 Å². The third-order valence-electron chi connectivity index (χ3n) is 4.05. The lowest BCUT2D eigenvalue weighted by Crippen LogP contribution is -2.27. The summed E-state index contributed by atoms with van der Waals surface area (Å²) in [6.07, 6.45) is 2.00. The van der Waals surface area contributed by atoms with Crippen molar-refractivity contribution in [1.29, 1.82) is 0 Å².